The van der Waals surface area contributed by atoms with Crippen LogP contribution in [-0.2, 0) is 23.1 Å². The second-order valence-electron chi connectivity index (χ2n) is 8.18. The Morgan fingerprint density at radius 3 is 2.72 bits per heavy atom. The van der Waals surface area contributed by atoms with Gasteiger partial charge in [0, 0.05) is 11.8 Å². The average Bonchev–Trinajstić information content (AvgIpc) is 3.09. The Balaban J connectivity index is 1.44. The van der Waals surface area contributed by atoms with Gasteiger partial charge in [0.2, 0.25) is 12.3 Å². The topological polar surface area (TPSA) is 158 Å². The summed E-state index contributed by atoms with van der Waals surface area (Å²) in [4.78, 5) is 49.7. The highest BCUT2D eigenvalue weighted by atomic mass is 31.2. The number of hydrogen-bond donors (Lipinski definition) is 3. The molecule has 1 amide bonds. The number of aliphatic carboxylic acids is 1. The molecule has 0 saturated carbocycles. The summed E-state index contributed by atoms with van der Waals surface area (Å²) in [6.45, 7) is 0.605. The van der Waals surface area contributed by atoms with Gasteiger partial charge in [-0.05, 0) is 24.6 Å². The van der Waals surface area contributed by atoms with Gasteiger partial charge in [-0.15, -0.1) is 4.52 Å². The monoisotopic (exact) mass is 530 g/mol. The van der Waals surface area contributed by atoms with Crippen LogP contribution in [0, 0.1) is 5.92 Å². The summed E-state index contributed by atoms with van der Waals surface area (Å²) in [6.07, 6.45) is -4.49. The van der Waals surface area contributed by atoms with Crippen LogP contribution in [0.15, 0.2) is 47.4 Å². The number of ether oxygens (including phenoxy) is 1. The molecule has 4 rings (SSSR count). The largest absolute Gasteiger partial charge is 0.573 e. The van der Waals surface area contributed by atoms with Gasteiger partial charge in [0.15, 0.2) is 0 Å². The molecule has 2 fully saturated rings. The Hall–Kier alpha value is -2.87. The number of fused-ring (bicyclic) bond motifs is 1. The number of nitrogens with zero attached hydrogens (tertiary/aromatic N) is 2. The summed E-state index contributed by atoms with van der Waals surface area (Å²) >= 11 is 0. The molecule has 2 aliphatic heterocycles. The van der Waals surface area contributed by atoms with Crippen LogP contribution < -0.4 is 11.0 Å². The Kier molecular flexibility index (Phi) is 7.46. The quantitative estimate of drug-likeness (QED) is 0.432. The van der Waals surface area contributed by atoms with Crippen molar-refractivity contribution in [2.75, 3.05) is 18.5 Å². The van der Waals surface area contributed by atoms with E-state index in [1.807, 2.05) is 0 Å². The molecule has 194 valence electrons. The lowest BCUT2D eigenvalue weighted by molar-refractivity contribution is -0.143. The number of carbonyl (C=O) groups excluding carboxylic acids is 1. The van der Waals surface area contributed by atoms with Crippen LogP contribution in [0.5, 0.6) is 0 Å². The van der Waals surface area contributed by atoms with Crippen molar-refractivity contribution in [3.8, 4) is 0 Å². The second-order valence-corrected chi connectivity index (χ2v) is 9.84. The predicted molar refractivity (Wildman–Crippen MR) is 119 cm³/mol. The third kappa shape index (κ3) is 5.43. The Morgan fingerprint density at radius 2 is 2.06 bits per heavy atom. The fourth-order valence-electron chi connectivity index (χ4n) is 3.55. The number of amides is 1. The number of hydrogen-bond acceptors (Lipinski definition) is 9. The lowest BCUT2D eigenvalue weighted by atomic mass is 10.1. The first-order valence-corrected chi connectivity index (χ1v) is 12.3. The number of nitrogens with one attached hydrogen (secondary N) is 1. The molecule has 2 aliphatic rings. The highest BCUT2D eigenvalue weighted by Gasteiger charge is 2.70. The highest BCUT2D eigenvalue weighted by Crippen LogP contribution is 2.65. The van der Waals surface area contributed by atoms with E-state index in [1.165, 1.54) is 6.92 Å². The minimum Gasteiger partial charge on any atom is -0.481 e. The van der Waals surface area contributed by atoms with Gasteiger partial charge >= 0.3 is 25.8 Å². The van der Waals surface area contributed by atoms with Gasteiger partial charge in [0.25, 0.3) is 5.91 Å². The number of rotatable bonds is 8. The Labute approximate surface area is 203 Å². The molecule has 12 nitrogen and oxygen atoms in total. The highest BCUT2D eigenvalue weighted by molar-refractivity contribution is 7.55. The number of halogens is 2. The molecule has 15 heteroatoms. The zero-order valence-electron chi connectivity index (χ0n) is 18.8. The van der Waals surface area contributed by atoms with E-state index in [9.17, 15) is 19.3 Å². The molecule has 2 saturated heterocycles. The molecular formula is C21H23F2N3O9P+. The van der Waals surface area contributed by atoms with Gasteiger partial charge in [0.1, 0.15) is 25.1 Å². The van der Waals surface area contributed by atoms with E-state index < -0.39 is 62.6 Å². The fraction of sp³-hybridized carbons (Fsp3) is 0.429. The van der Waals surface area contributed by atoms with Crippen LogP contribution in [0.3, 0.4) is 0 Å². The lowest BCUT2D eigenvalue weighted by Crippen LogP contribution is -2.46. The van der Waals surface area contributed by atoms with E-state index >= 15 is 8.78 Å². The maximum absolute atomic E-state index is 15.3. The number of carboxylic acids is 1. The van der Waals surface area contributed by atoms with Crippen LogP contribution in [0.2, 0.25) is 0 Å². The van der Waals surface area contributed by atoms with Crippen molar-refractivity contribution < 1.29 is 46.7 Å². The van der Waals surface area contributed by atoms with Crippen molar-refractivity contribution in [2.24, 2.45) is 5.92 Å². The smallest absolute Gasteiger partial charge is 0.481 e. The summed E-state index contributed by atoms with van der Waals surface area (Å²) in [6, 6.07) is 9.28. The van der Waals surface area contributed by atoms with Crippen molar-refractivity contribution in [1.29, 1.82) is 0 Å². The molecule has 0 bridgehead atoms. The Bertz CT molecular complexity index is 1180. The second kappa shape index (κ2) is 10.2. The molecular weight excluding hydrogens is 507 g/mol. The van der Waals surface area contributed by atoms with Crippen molar-refractivity contribution in [3.63, 3.8) is 0 Å². The minimum atomic E-state index is -4.19. The minimum absolute atomic E-state index is 0.0117. The number of anilines is 1. The predicted octanol–water partition coefficient (Wildman–Crippen LogP) is 2.24. The third-order valence-corrected chi connectivity index (χ3v) is 7.06. The summed E-state index contributed by atoms with van der Waals surface area (Å²) in [7, 11) is -4.19. The molecule has 5 atom stereocenters. The number of benzene rings is 1. The van der Waals surface area contributed by atoms with Gasteiger partial charge < -0.3 is 15.2 Å². The summed E-state index contributed by atoms with van der Waals surface area (Å²) in [5.74, 6) is -6.37. The van der Waals surface area contributed by atoms with Crippen molar-refractivity contribution in [3.05, 3.63) is 58.6 Å². The van der Waals surface area contributed by atoms with E-state index in [0.717, 1.165) is 12.3 Å². The number of aromatic nitrogens is 2. The van der Waals surface area contributed by atoms with Gasteiger partial charge in [-0.3, -0.25) is 14.2 Å². The molecule has 1 aromatic heterocycles. The number of carbonyl (C=O) groups is 2. The van der Waals surface area contributed by atoms with Crippen molar-refractivity contribution in [1.82, 2.24) is 9.55 Å². The van der Waals surface area contributed by atoms with E-state index in [1.54, 1.807) is 30.3 Å². The maximum Gasteiger partial charge on any atom is 0.573 e. The third-order valence-electron chi connectivity index (χ3n) is 5.59. The van der Waals surface area contributed by atoms with Crippen LogP contribution in [0.4, 0.5) is 14.6 Å². The van der Waals surface area contributed by atoms with Crippen LogP contribution in [0.1, 0.15) is 29.9 Å². The molecule has 1 unspecified atom stereocenters. The zero-order valence-corrected chi connectivity index (χ0v) is 19.7. The zero-order chi connectivity index (χ0) is 26.1. The van der Waals surface area contributed by atoms with Gasteiger partial charge in [-0.25, -0.2) is 4.79 Å². The molecule has 1 aromatic carbocycles. The number of carboxylic acid groups (broad SMARTS) is 1. The van der Waals surface area contributed by atoms with Gasteiger partial charge in [-0.2, -0.15) is 27.7 Å². The van der Waals surface area contributed by atoms with Crippen molar-refractivity contribution in [2.45, 2.75) is 37.7 Å². The first kappa shape index (κ1) is 26.2. The van der Waals surface area contributed by atoms with Gasteiger partial charge in [0.05, 0.1) is 5.92 Å². The standard InChI is InChI=1S/C21H22F2N3O9P/c1-12(18(28)29)8-10-32-36(31)33-11-14-16(35-36)21(22,23)19(34-14)26-9-7-15(25-20(26)30)24-17(27)13-5-3-2-4-6-13/h2-7,9,12,14,16,19,31H,8,10-11H2,1H3,(H-,24,25,27,28,29,30)/p+1/t12-,14-,16-,19-,36?/m1/s1. The first-order valence-electron chi connectivity index (χ1n) is 10.8. The fourth-order valence-corrected chi connectivity index (χ4v) is 4.98. The molecule has 0 spiro atoms. The molecule has 3 N–H and O–H groups in total. The van der Waals surface area contributed by atoms with Crippen LogP contribution >= 0.6 is 8.17 Å². The van der Waals surface area contributed by atoms with E-state index in [0.29, 0.717) is 10.1 Å². The SMILES string of the molecule is C[C@H](CCO[P+]1(O)OC[C@H]2O[C@@H](n3ccc(NC(=O)c4ccccc4)nc3=O)C(F)(F)[C@@H]2O1)C(=O)O. The Morgan fingerprint density at radius 1 is 1.33 bits per heavy atom. The summed E-state index contributed by atoms with van der Waals surface area (Å²) in [5.41, 5.74) is -0.806. The van der Waals surface area contributed by atoms with E-state index in [2.05, 4.69) is 10.3 Å². The first-order chi connectivity index (χ1) is 17.0. The van der Waals surface area contributed by atoms with E-state index in [-0.39, 0.29) is 18.8 Å². The number of alkyl halides is 2. The maximum atomic E-state index is 15.3. The summed E-state index contributed by atoms with van der Waals surface area (Å²) < 4.78 is 51.6. The van der Waals surface area contributed by atoms with E-state index in [4.69, 9.17) is 23.4 Å². The molecule has 0 radical (unpaired) electrons. The summed E-state index contributed by atoms with van der Waals surface area (Å²) in [5, 5.41) is 11.3. The lowest BCUT2D eigenvalue weighted by Gasteiger charge is -2.28. The average molecular weight is 530 g/mol. The molecule has 0 aliphatic carbocycles. The van der Waals surface area contributed by atoms with Gasteiger partial charge in [-0.1, -0.05) is 25.1 Å². The van der Waals surface area contributed by atoms with Crippen LogP contribution in [-0.4, -0.2) is 62.8 Å². The van der Waals surface area contributed by atoms with Crippen LogP contribution in [0.25, 0.3) is 0 Å². The molecule has 36 heavy (non-hydrogen) atoms. The molecule has 2 aromatic rings. The van der Waals surface area contributed by atoms with Crippen molar-refractivity contribution >= 4 is 25.9 Å². The molecule has 3 heterocycles. The normalized spacial score (nSPS) is 27.7.